The van der Waals surface area contributed by atoms with Gasteiger partial charge in [0.05, 0.1) is 5.69 Å². The molecule has 1 aliphatic rings. The monoisotopic (exact) mass is 304 g/mol. The fourth-order valence-electron chi connectivity index (χ4n) is 2.09. The van der Waals surface area contributed by atoms with Crippen LogP contribution in [0.2, 0.25) is 0 Å². The van der Waals surface area contributed by atoms with Gasteiger partial charge in [0.1, 0.15) is 16.5 Å². The van der Waals surface area contributed by atoms with Crippen LogP contribution in [0.4, 0.5) is 14.5 Å². The third-order valence-corrected chi connectivity index (χ3v) is 5.01. The fourth-order valence-corrected chi connectivity index (χ4v) is 3.51. The molecule has 4 nitrogen and oxygen atoms in total. The summed E-state index contributed by atoms with van der Waals surface area (Å²) in [6, 6.07) is 1.07. The summed E-state index contributed by atoms with van der Waals surface area (Å²) >= 11 is 0. The molecule has 1 aliphatic carbocycles. The zero-order valence-electron chi connectivity index (χ0n) is 11.2. The Balaban J connectivity index is 2.22. The standard InChI is InChI=1S/C13H18F2N2O2S/c1-2-9(5-8-3-4-8)17-20(18,19)13-7-12(16)10(14)6-11(13)15/h6-9,17H,2-5,16H2,1H3. The molecule has 2 rings (SSSR count). The van der Waals surface area contributed by atoms with Crippen molar-refractivity contribution < 1.29 is 17.2 Å². The zero-order valence-corrected chi connectivity index (χ0v) is 12.0. The number of hydrogen-bond donors (Lipinski definition) is 2. The Morgan fingerprint density at radius 1 is 1.35 bits per heavy atom. The third-order valence-electron chi connectivity index (χ3n) is 3.47. The lowest BCUT2D eigenvalue weighted by molar-refractivity contribution is 0.489. The Hall–Kier alpha value is -1.21. The summed E-state index contributed by atoms with van der Waals surface area (Å²) in [7, 11) is -4.03. The van der Waals surface area contributed by atoms with Crippen molar-refractivity contribution in [3.8, 4) is 0 Å². The maximum absolute atomic E-state index is 13.6. The summed E-state index contributed by atoms with van der Waals surface area (Å²) < 4.78 is 53.5. The van der Waals surface area contributed by atoms with Gasteiger partial charge in [0.15, 0.2) is 0 Å². The van der Waals surface area contributed by atoms with Crippen LogP contribution in [0.5, 0.6) is 0 Å². The number of rotatable bonds is 6. The van der Waals surface area contributed by atoms with Crippen molar-refractivity contribution >= 4 is 15.7 Å². The Bertz CT molecular complexity index is 601. The van der Waals surface area contributed by atoms with Crippen LogP contribution in [0.15, 0.2) is 17.0 Å². The molecule has 0 radical (unpaired) electrons. The van der Waals surface area contributed by atoms with Crippen molar-refractivity contribution in [3.63, 3.8) is 0 Å². The van der Waals surface area contributed by atoms with E-state index in [1.54, 1.807) is 0 Å². The molecule has 1 saturated carbocycles. The summed E-state index contributed by atoms with van der Waals surface area (Å²) in [6.45, 7) is 1.87. The first kappa shape index (κ1) is 15.2. The SMILES string of the molecule is CCC(CC1CC1)NS(=O)(=O)c1cc(N)c(F)cc1F. The van der Waals surface area contributed by atoms with E-state index in [0.717, 1.165) is 25.3 Å². The fraction of sp³-hybridized carbons (Fsp3) is 0.538. The quantitative estimate of drug-likeness (QED) is 0.793. The molecule has 1 unspecified atom stereocenters. The number of halogens is 2. The number of sulfonamides is 1. The van der Waals surface area contributed by atoms with Gasteiger partial charge in [-0.05, 0) is 24.8 Å². The zero-order chi connectivity index (χ0) is 14.9. The maximum Gasteiger partial charge on any atom is 0.243 e. The van der Waals surface area contributed by atoms with Gasteiger partial charge in [-0.1, -0.05) is 19.8 Å². The number of nitrogen functional groups attached to an aromatic ring is 1. The number of anilines is 1. The van der Waals surface area contributed by atoms with Crippen molar-refractivity contribution in [1.29, 1.82) is 0 Å². The van der Waals surface area contributed by atoms with Gasteiger partial charge in [0.2, 0.25) is 10.0 Å². The van der Waals surface area contributed by atoms with Crippen molar-refractivity contribution in [2.75, 3.05) is 5.73 Å². The summed E-state index contributed by atoms with van der Waals surface area (Å²) in [5, 5.41) is 0. The topological polar surface area (TPSA) is 72.2 Å². The average Bonchev–Trinajstić information content (AvgIpc) is 3.16. The minimum Gasteiger partial charge on any atom is -0.396 e. The van der Waals surface area contributed by atoms with Crippen molar-refractivity contribution in [1.82, 2.24) is 4.72 Å². The molecule has 0 spiro atoms. The van der Waals surface area contributed by atoms with Gasteiger partial charge in [-0.15, -0.1) is 0 Å². The highest BCUT2D eigenvalue weighted by Crippen LogP contribution is 2.34. The van der Waals surface area contributed by atoms with Gasteiger partial charge in [-0.25, -0.2) is 21.9 Å². The molecule has 0 aromatic heterocycles. The van der Waals surface area contributed by atoms with E-state index in [2.05, 4.69) is 4.72 Å². The van der Waals surface area contributed by atoms with E-state index in [-0.39, 0.29) is 11.7 Å². The van der Waals surface area contributed by atoms with Crippen LogP contribution in [0.1, 0.15) is 32.6 Å². The highest BCUT2D eigenvalue weighted by Gasteiger charge is 2.29. The molecule has 0 saturated heterocycles. The lowest BCUT2D eigenvalue weighted by atomic mass is 10.1. The number of nitrogens with two attached hydrogens (primary N) is 1. The second kappa shape index (κ2) is 5.65. The van der Waals surface area contributed by atoms with Gasteiger partial charge in [-0.3, -0.25) is 0 Å². The van der Waals surface area contributed by atoms with Crippen molar-refractivity contribution in [2.24, 2.45) is 5.92 Å². The van der Waals surface area contributed by atoms with Gasteiger partial charge < -0.3 is 5.73 Å². The summed E-state index contributed by atoms with van der Waals surface area (Å²) in [6.07, 6.45) is 3.58. The van der Waals surface area contributed by atoms with E-state index < -0.39 is 26.6 Å². The van der Waals surface area contributed by atoms with Crippen LogP contribution in [0.3, 0.4) is 0 Å². The molecule has 3 N–H and O–H groups in total. The van der Waals surface area contributed by atoms with Gasteiger partial charge >= 0.3 is 0 Å². The van der Waals surface area contributed by atoms with Crippen LogP contribution in [-0.2, 0) is 10.0 Å². The molecule has 20 heavy (non-hydrogen) atoms. The molecule has 1 aromatic carbocycles. The predicted molar refractivity (Wildman–Crippen MR) is 72.5 cm³/mol. The highest BCUT2D eigenvalue weighted by atomic mass is 32.2. The van der Waals surface area contributed by atoms with Crippen LogP contribution in [0.25, 0.3) is 0 Å². The first-order chi connectivity index (χ1) is 9.33. The smallest absolute Gasteiger partial charge is 0.243 e. The predicted octanol–water partition coefficient (Wildman–Crippen LogP) is 2.40. The summed E-state index contributed by atoms with van der Waals surface area (Å²) in [5.41, 5.74) is 4.92. The molecule has 0 bridgehead atoms. The molecule has 0 aliphatic heterocycles. The van der Waals surface area contributed by atoms with Crippen LogP contribution >= 0.6 is 0 Å². The second-order valence-corrected chi connectivity index (χ2v) is 6.89. The lowest BCUT2D eigenvalue weighted by Crippen LogP contribution is -2.35. The van der Waals surface area contributed by atoms with E-state index in [4.69, 9.17) is 5.73 Å². The maximum atomic E-state index is 13.6. The average molecular weight is 304 g/mol. The molecular weight excluding hydrogens is 286 g/mol. The third kappa shape index (κ3) is 3.46. The first-order valence-electron chi connectivity index (χ1n) is 6.60. The Kier molecular flexibility index (Phi) is 4.29. The number of hydrogen-bond acceptors (Lipinski definition) is 3. The van der Waals surface area contributed by atoms with Gasteiger partial charge in [0, 0.05) is 12.1 Å². The molecular formula is C13H18F2N2O2S. The van der Waals surface area contributed by atoms with Crippen LogP contribution in [0, 0.1) is 17.6 Å². The van der Waals surface area contributed by atoms with Crippen LogP contribution in [-0.4, -0.2) is 14.5 Å². The van der Waals surface area contributed by atoms with Crippen molar-refractivity contribution in [2.45, 2.75) is 43.5 Å². The molecule has 1 fully saturated rings. The van der Waals surface area contributed by atoms with Gasteiger partial charge in [-0.2, -0.15) is 0 Å². The lowest BCUT2D eigenvalue weighted by Gasteiger charge is -2.17. The molecule has 0 heterocycles. The normalized spacial score (nSPS) is 17.1. The number of benzene rings is 1. The largest absolute Gasteiger partial charge is 0.396 e. The Labute approximate surface area is 117 Å². The van der Waals surface area contributed by atoms with E-state index in [1.807, 2.05) is 6.92 Å². The summed E-state index contributed by atoms with van der Waals surface area (Å²) in [5.74, 6) is -1.55. The Morgan fingerprint density at radius 2 is 2.00 bits per heavy atom. The van der Waals surface area contributed by atoms with Gasteiger partial charge in [0.25, 0.3) is 0 Å². The first-order valence-corrected chi connectivity index (χ1v) is 8.08. The highest BCUT2D eigenvalue weighted by molar-refractivity contribution is 7.89. The Morgan fingerprint density at radius 3 is 2.55 bits per heavy atom. The second-order valence-electron chi connectivity index (χ2n) is 5.21. The molecule has 1 aromatic rings. The minimum absolute atomic E-state index is 0.238. The van der Waals surface area contributed by atoms with E-state index in [1.165, 1.54) is 0 Å². The molecule has 0 amide bonds. The molecule has 112 valence electrons. The van der Waals surface area contributed by atoms with Crippen LogP contribution < -0.4 is 10.5 Å². The molecule has 7 heteroatoms. The van der Waals surface area contributed by atoms with Crippen molar-refractivity contribution in [3.05, 3.63) is 23.8 Å². The van der Waals surface area contributed by atoms with E-state index in [0.29, 0.717) is 18.4 Å². The molecule has 1 atom stereocenters. The minimum atomic E-state index is -4.03. The summed E-state index contributed by atoms with van der Waals surface area (Å²) in [4.78, 5) is -0.606. The van der Waals surface area contributed by atoms with E-state index >= 15 is 0 Å². The van der Waals surface area contributed by atoms with E-state index in [9.17, 15) is 17.2 Å². The number of nitrogens with one attached hydrogen (secondary N) is 1.